The Balaban J connectivity index is 1.88. The maximum atomic E-state index is 12.1. The van der Waals surface area contributed by atoms with Crippen LogP contribution in [0.4, 0.5) is 4.79 Å². The van der Waals surface area contributed by atoms with E-state index in [0.717, 1.165) is 18.5 Å². The summed E-state index contributed by atoms with van der Waals surface area (Å²) in [4.78, 5) is 29.0. The molecule has 2 amide bonds. The van der Waals surface area contributed by atoms with Crippen LogP contribution in [0.15, 0.2) is 10.9 Å². The summed E-state index contributed by atoms with van der Waals surface area (Å²) in [6.07, 6.45) is 2.36. The molecular weight excluding hydrogens is 278 g/mol. The van der Waals surface area contributed by atoms with E-state index in [-0.39, 0.29) is 11.9 Å². The lowest BCUT2D eigenvalue weighted by Gasteiger charge is -2.37. The number of nitrogens with zero attached hydrogens (tertiary/aromatic N) is 2. The van der Waals surface area contributed by atoms with Crippen LogP contribution in [-0.4, -0.2) is 46.1 Å². The van der Waals surface area contributed by atoms with Gasteiger partial charge in [0.05, 0.1) is 11.2 Å². The molecule has 0 saturated carbocycles. The van der Waals surface area contributed by atoms with Crippen molar-refractivity contribution >= 4 is 23.3 Å². The molecule has 6 nitrogen and oxygen atoms in total. The van der Waals surface area contributed by atoms with Crippen LogP contribution in [0.3, 0.4) is 0 Å². The number of rotatable bonds is 4. The molecule has 0 aliphatic carbocycles. The Kier molecular flexibility index (Phi) is 4.94. The van der Waals surface area contributed by atoms with Gasteiger partial charge in [-0.15, -0.1) is 11.3 Å². The van der Waals surface area contributed by atoms with Crippen LogP contribution in [0.2, 0.25) is 0 Å². The predicted octanol–water partition coefficient (Wildman–Crippen LogP) is 1.58. The molecule has 0 aromatic carbocycles. The van der Waals surface area contributed by atoms with Gasteiger partial charge in [-0.1, -0.05) is 6.92 Å². The van der Waals surface area contributed by atoms with Crippen molar-refractivity contribution in [2.45, 2.75) is 32.2 Å². The van der Waals surface area contributed by atoms with Gasteiger partial charge in [-0.2, -0.15) is 0 Å². The molecule has 0 radical (unpaired) electrons. The second kappa shape index (κ2) is 6.69. The number of urea groups is 1. The SMILES string of the molecule is CC1CCCN(C(=O)NCCc2cscn2)C1C(=O)O. The number of aliphatic carboxylic acids is 1. The highest BCUT2D eigenvalue weighted by molar-refractivity contribution is 7.07. The monoisotopic (exact) mass is 297 g/mol. The first-order valence-corrected chi connectivity index (χ1v) is 7.68. The minimum absolute atomic E-state index is 0.00876. The third-order valence-electron chi connectivity index (χ3n) is 3.59. The summed E-state index contributed by atoms with van der Waals surface area (Å²) < 4.78 is 0. The molecule has 1 aliphatic heterocycles. The van der Waals surface area contributed by atoms with Crippen LogP contribution in [-0.2, 0) is 11.2 Å². The number of piperidine rings is 1. The summed E-state index contributed by atoms with van der Waals surface area (Å²) >= 11 is 1.52. The summed E-state index contributed by atoms with van der Waals surface area (Å²) in [6, 6.07) is -1.01. The molecule has 1 aromatic heterocycles. The number of thiazole rings is 1. The lowest BCUT2D eigenvalue weighted by Crippen LogP contribution is -2.55. The fourth-order valence-corrected chi connectivity index (χ4v) is 3.15. The molecule has 2 atom stereocenters. The number of aromatic nitrogens is 1. The summed E-state index contributed by atoms with van der Waals surface area (Å²) in [7, 11) is 0. The number of carbonyl (C=O) groups is 2. The van der Waals surface area contributed by atoms with Gasteiger partial charge in [0.15, 0.2) is 0 Å². The van der Waals surface area contributed by atoms with Gasteiger partial charge in [0, 0.05) is 24.9 Å². The number of hydrogen-bond acceptors (Lipinski definition) is 4. The smallest absolute Gasteiger partial charge is 0.326 e. The van der Waals surface area contributed by atoms with Gasteiger partial charge in [-0.25, -0.2) is 14.6 Å². The van der Waals surface area contributed by atoms with E-state index in [9.17, 15) is 14.7 Å². The van der Waals surface area contributed by atoms with Crippen molar-refractivity contribution in [3.05, 3.63) is 16.6 Å². The van der Waals surface area contributed by atoms with Crippen LogP contribution in [0, 0.1) is 5.92 Å². The van der Waals surface area contributed by atoms with E-state index in [4.69, 9.17) is 0 Å². The molecule has 2 N–H and O–H groups in total. The average Bonchev–Trinajstić information content (AvgIpc) is 2.91. The van der Waals surface area contributed by atoms with Gasteiger partial charge < -0.3 is 15.3 Å². The highest BCUT2D eigenvalue weighted by Gasteiger charge is 2.36. The largest absolute Gasteiger partial charge is 0.480 e. The van der Waals surface area contributed by atoms with Crippen molar-refractivity contribution in [2.24, 2.45) is 5.92 Å². The summed E-state index contributed by atoms with van der Waals surface area (Å²) in [5.41, 5.74) is 2.70. The fourth-order valence-electron chi connectivity index (χ4n) is 2.55. The lowest BCUT2D eigenvalue weighted by molar-refractivity contribution is -0.145. The van der Waals surface area contributed by atoms with Gasteiger partial charge in [0.1, 0.15) is 6.04 Å². The molecule has 7 heteroatoms. The molecule has 2 rings (SSSR count). The van der Waals surface area contributed by atoms with E-state index >= 15 is 0 Å². The van der Waals surface area contributed by atoms with Gasteiger partial charge in [0.2, 0.25) is 0 Å². The molecule has 0 bridgehead atoms. The normalized spacial score (nSPS) is 22.6. The standard InChI is InChI=1S/C13H19N3O3S/c1-9-3-2-6-16(11(9)12(17)18)13(19)14-5-4-10-7-20-8-15-10/h7-9,11H,2-6H2,1H3,(H,14,19)(H,17,18). The van der Waals surface area contributed by atoms with Crippen molar-refractivity contribution in [3.63, 3.8) is 0 Å². The van der Waals surface area contributed by atoms with E-state index in [1.165, 1.54) is 16.2 Å². The lowest BCUT2D eigenvalue weighted by atomic mass is 9.91. The first kappa shape index (κ1) is 14.8. The quantitative estimate of drug-likeness (QED) is 0.884. The molecule has 110 valence electrons. The van der Waals surface area contributed by atoms with Crippen molar-refractivity contribution in [2.75, 3.05) is 13.1 Å². The zero-order chi connectivity index (χ0) is 14.5. The highest BCUT2D eigenvalue weighted by atomic mass is 32.1. The Hall–Kier alpha value is -1.63. The number of likely N-dealkylation sites (tertiary alicyclic amines) is 1. The van der Waals surface area contributed by atoms with Gasteiger partial charge in [-0.3, -0.25) is 0 Å². The van der Waals surface area contributed by atoms with Crippen molar-refractivity contribution in [1.82, 2.24) is 15.2 Å². The maximum Gasteiger partial charge on any atom is 0.326 e. The number of carbonyl (C=O) groups excluding carboxylic acids is 1. The minimum atomic E-state index is -0.924. The third kappa shape index (κ3) is 3.47. The van der Waals surface area contributed by atoms with Crippen LogP contribution < -0.4 is 5.32 Å². The van der Waals surface area contributed by atoms with E-state index in [0.29, 0.717) is 19.5 Å². The fraction of sp³-hybridized carbons (Fsp3) is 0.615. The molecule has 1 aliphatic rings. The highest BCUT2D eigenvalue weighted by Crippen LogP contribution is 2.23. The molecule has 20 heavy (non-hydrogen) atoms. The Labute approximate surface area is 121 Å². The Morgan fingerprint density at radius 3 is 3.05 bits per heavy atom. The summed E-state index contributed by atoms with van der Waals surface area (Å²) in [5, 5.41) is 14.0. The second-order valence-corrected chi connectivity index (χ2v) is 5.78. The number of carboxylic acids is 1. The van der Waals surface area contributed by atoms with Gasteiger partial charge >= 0.3 is 12.0 Å². The minimum Gasteiger partial charge on any atom is -0.480 e. The first-order valence-electron chi connectivity index (χ1n) is 6.74. The second-order valence-electron chi connectivity index (χ2n) is 5.06. The predicted molar refractivity (Wildman–Crippen MR) is 75.7 cm³/mol. The molecular formula is C13H19N3O3S. The van der Waals surface area contributed by atoms with E-state index in [1.54, 1.807) is 5.51 Å². The Bertz CT molecular complexity index is 463. The van der Waals surface area contributed by atoms with Crippen molar-refractivity contribution in [3.8, 4) is 0 Å². The third-order valence-corrected chi connectivity index (χ3v) is 4.22. The Morgan fingerprint density at radius 2 is 2.40 bits per heavy atom. The first-order chi connectivity index (χ1) is 9.59. The molecule has 1 aromatic rings. The number of nitrogens with one attached hydrogen (secondary N) is 1. The zero-order valence-electron chi connectivity index (χ0n) is 11.4. The van der Waals surface area contributed by atoms with Crippen LogP contribution in [0.5, 0.6) is 0 Å². The summed E-state index contributed by atoms with van der Waals surface area (Å²) in [5.74, 6) is -0.933. The maximum absolute atomic E-state index is 12.1. The van der Waals surface area contributed by atoms with Crippen LogP contribution >= 0.6 is 11.3 Å². The van der Waals surface area contributed by atoms with Crippen molar-refractivity contribution in [1.29, 1.82) is 0 Å². The van der Waals surface area contributed by atoms with Gasteiger partial charge in [0.25, 0.3) is 0 Å². The topological polar surface area (TPSA) is 82.5 Å². The van der Waals surface area contributed by atoms with Crippen LogP contribution in [0.25, 0.3) is 0 Å². The van der Waals surface area contributed by atoms with Crippen LogP contribution in [0.1, 0.15) is 25.5 Å². The number of carboxylic acid groups (broad SMARTS) is 1. The molecule has 1 saturated heterocycles. The van der Waals surface area contributed by atoms with E-state index in [2.05, 4.69) is 10.3 Å². The van der Waals surface area contributed by atoms with E-state index in [1.807, 2.05) is 12.3 Å². The summed E-state index contributed by atoms with van der Waals surface area (Å²) in [6.45, 7) is 2.86. The van der Waals surface area contributed by atoms with Crippen molar-refractivity contribution < 1.29 is 14.7 Å². The zero-order valence-corrected chi connectivity index (χ0v) is 12.2. The van der Waals surface area contributed by atoms with E-state index < -0.39 is 12.0 Å². The number of hydrogen-bond donors (Lipinski definition) is 2. The average molecular weight is 297 g/mol. The Morgan fingerprint density at radius 1 is 1.60 bits per heavy atom. The molecule has 1 fully saturated rings. The van der Waals surface area contributed by atoms with Gasteiger partial charge in [-0.05, 0) is 18.8 Å². The number of amides is 2. The molecule has 2 unspecified atom stereocenters. The molecule has 0 spiro atoms. The molecule has 2 heterocycles.